The number of alkyl halides is 2. The van der Waals surface area contributed by atoms with Gasteiger partial charge in [-0.25, -0.2) is 9.38 Å². The molecular weight excluding hydrogens is 427 g/mol. The highest BCUT2D eigenvalue weighted by molar-refractivity contribution is 6.07. The summed E-state index contributed by atoms with van der Waals surface area (Å²) in [6.07, 6.45) is 0.130. The average molecular weight is 447 g/mol. The second kappa shape index (κ2) is 7.40. The SMILES string of the molecule is CN1C(=O)[C@]2(N=C1N)c1cc(-c3cccc(OC(F)F)c3)c(F)cc1OC1CCOC[C@@H]12. The van der Waals surface area contributed by atoms with Gasteiger partial charge in [0.05, 0.1) is 19.1 Å². The summed E-state index contributed by atoms with van der Waals surface area (Å²) in [5, 5.41) is 0. The highest BCUT2D eigenvalue weighted by Gasteiger charge is 2.60. The molecule has 0 saturated carbocycles. The van der Waals surface area contributed by atoms with E-state index in [9.17, 15) is 13.6 Å². The van der Waals surface area contributed by atoms with Crippen molar-refractivity contribution in [1.29, 1.82) is 0 Å². The zero-order valence-electron chi connectivity index (χ0n) is 17.1. The molecule has 7 nitrogen and oxygen atoms in total. The van der Waals surface area contributed by atoms with Crippen molar-refractivity contribution < 1.29 is 32.2 Å². The number of nitrogens with two attached hydrogens (primary N) is 1. The van der Waals surface area contributed by atoms with E-state index < -0.39 is 30.0 Å². The molecule has 0 aliphatic carbocycles. The van der Waals surface area contributed by atoms with Gasteiger partial charge in [0.1, 0.15) is 23.4 Å². The predicted octanol–water partition coefficient (Wildman–Crippen LogP) is 2.87. The zero-order valence-corrected chi connectivity index (χ0v) is 17.1. The maximum absolute atomic E-state index is 15.2. The summed E-state index contributed by atoms with van der Waals surface area (Å²) in [6, 6.07) is 8.38. The second-order valence-electron chi connectivity index (χ2n) is 7.96. The van der Waals surface area contributed by atoms with Crippen molar-refractivity contribution in [3.8, 4) is 22.6 Å². The van der Waals surface area contributed by atoms with Crippen molar-refractivity contribution >= 4 is 11.9 Å². The molecule has 1 fully saturated rings. The summed E-state index contributed by atoms with van der Waals surface area (Å²) in [6.45, 7) is -2.33. The van der Waals surface area contributed by atoms with E-state index in [0.29, 0.717) is 24.2 Å². The van der Waals surface area contributed by atoms with Gasteiger partial charge in [-0.2, -0.15) is 8.78 Å². The number of halogens is 3. The van der Waals surface area contributed by atoms with Crippen LogP contribution in [0.5, 0.6) is 11.5 Å². The Kier molecular flexibility index (Phi) is 4.77. The molecule has 1 amide bonds. The van der Waals surface area contributed by atoms with Crippen LogP contribution in [0.2, 0.25) is 0 Å². The van der Waals surface area contributed by atoms with Gasteiger partial charge < -0.3 is 19.9 Å². The largest absolute Gasteiger partial charge is 0.489 e. The van der Waals surface area contributed by atoms with Crippen molar-refractivity contribution in [2.45, 2.75) is 24.7 Å². The number of fused-ring (bicyclic) bond motifs is 4. The molecule has 32 heavy (non-hydrogen) atoms. The molecule has 3 atom stereocenters. The number of likely N-dealkylation sites (N-methyl/N-ethyl adjacent to an activating group) is 1. The Morgan fingerprint density at radius 3 is 2.84 bits per heavy atom. The number of amides is 1. The van der Waals surface area contributed by atoms with Gasteiger partial charge in [-0.1, -0.05) is 12.1 Å². The third-order valence-electron chi connectivity index (χ3n) is 6.22. The quantitative estimate of drug-likeness (QED) is 0.782. The van der Waals surface area contributed by atoms with Gasteiger partial charge in [-0.3, -0.25) is 9.69 Å². The predicted molar refractivity (Wildman–Crippen MR) is 108 cm³/mol. The number of carbonyl (C=O) groups excluding carboxylic acids is 1. The topological polar surface area (TPSA) is 86.4 Å². The molecule has 5 rings (SSSR count). The highest BCUT2D eigenvalue weighted by Crippen LogP contribution is 2.52. The Hall–Kier alpha value is -3.27. The van der Waals surface area contributed by atoms with E-state index in [2.05, 4.69) is 9.73 Å². The summed E-state index contributed by atoms with van der Waals surface area (Å²) < 4.78 is 56.6. The third kappa shape index (κ3) is 3.01. The van der Waals surface area contributed by atoms with E-state index in [4.69, 9.17) is 15.2 Å². The molecular formula is C22H20F3N3O4. The number of benzene rings is 2. The fourth-order valence-corrected chi connectivity index (χ4v) is 4.70. The number of hydrogen-bond acceptors (Lipinski definition) is 6. The lowest BCUT2D eigenvalue weighted by Crippen LogP contribution is -2.56. The van der Waals surface area contributed by atoms with Gasteiger partial charge in [0.15, 0.2) is 11.5 Å². The zero-order chi connectivity index (χ0) is 22.6. The molecule has 0 bridgehead atoms. The van der Waals surface area contributed by atoms with Gasteiger partial charge in [0, 0.05) is 30.7 Å². The Balaban J connectivity index is 1.69. The fraction of sp³-hybridized carbons (Fsp3) is 0.364. The molecule has 10 heteroatoms. The van der Waals surface area contributed by atoms with Gasteiger partial charge in [0.2, 0.25) is 0 Å². The first-order valence-corrected chi connectivity index (χ1v) is 10.1. The first kappa shape index (κ1) is 20.6. The lowest BCUT2D eigenvalue weighted by Gasteiger charge is -2.45. The molecule has 1 saturated heterocycles. The van der Waals surface area contributed by atoms with Crippen molar-refractivity contribution in [1.82, 2.24) is 4.90 Å². The van der Waals surface area contributed by atoms with Crippen LogP contribution in [-0.4, -0.2) is 49.7 Å². The Morgan fingerprint density at radius 1 is 1.31 bits per heavy atom. The van der Waals surface area contributed by atoms with Crippen LogP contribution in [-0.2, 0) is 15.1 Å². The summed E-state index contributed by atoms with van der Waals surface area (Å²) in [7, 11) is 1.53. The molecule has 2 N–H and O–H groups in total. The average Bonchev–Trinajstić information content (AvgIpc) is 2.98. The Labute approximate surface area is 181 Å². The van der Waals surface area contributed by atoms with Gasteiger partial charge in [-0.05, 0) is 23.8 Å². The smallest absolute Gasteiger partial charge is 0.387 e. The number of carbonyl (C=O) groups is 1. The molecule has 0 aromatic heterocycles. The minimum absolute atomic E-state index is 0.0466. The minimum Gasteiger partial charge on any atom is -0.489 e. The second-order valence-corrected chi connectivity index (χ2v) is 7.96. The highest BCUT2D eigenvalue weighted by atomic mass is 19.3. The molecule has 1 spiro atoms. The van der Waals surface area contributed by atoms with E-state index in [0.717, 1.165) is 0 Å². The van der Waals surface area contributed by atoms with Gasteiger partial charge in [0.25, 0.3) is 5.91 Å². The molecule has 168 valence electrons. The first-order valence-electron chi connectivity index (χ1n) is 10.1. The summed E-state index contributed by atoms with van der Waals surface area (Å²) in [4.78, 5) is 19.3. The van der Waals surface area contributed by atoms with Crippen LogP contribution in [0.1, 0.15) is 12.0 Å². The van der Waals surface area contributed by atoms with E-state index in [1.165, 1.54) is 42.3 Å². The van der Waals surface area contributed by atoms with E-state index in [-0.39, 0.29) is 35.5 Å². The lowest BCUT2D eigenvalue weighted by molar-refractivity contribution is -0.141. The monoisotopic (exact) mass is 447 g/mol. The summed E-state index contributed by atoms with van der Waals surface area (Å²) in [5.74, 6) is -1.30. The molecule has 1 unspecified atom stereocenters. The van der Waals surface area contributed by atoms with Crippen molar-refractivity contribution in [3.63, 3.8) is 0 Å². The summed E-state index contributed by atoms with van der Waals surface area (Å²) in [5.41, 5.74) is 5.35. The van der Waals surface area contributed by atoms with E-state index in [1.807, 2.05) is 0 Å². The summed E-state index contributed by atoms with van der Waals surface area (Å²) >= 11 is 0. The van der Waals surface area contributed by atoms with Crippen LogP contribution in [0.4, 0.5) is 13.2 Å². The standard InChI is InChI=1S/C22H20F3N3O4/c1-28-19(29)22(27-21(28)26)14-8-13(11-3-2-4-12(7-11)31-20(24)25)16(23)9-18(14)32-17-5-6-30-10-15(17)22/h2-4,7-9,15,17,20H,5-6,10H2,1H3,(H2,26,27)/t15-,17?,22-/m0/s1. The number of ether oxygens (including phenoxy) is 3. The van der Waals surface area contributed by atoms with E-state index >= 15 is 4.39 Å². The Morgan fingerprint density at radius 2 is 2.12 bits per heavy atom. The first-order chi connectivity index (χ1) is 15.3. The lowest BCUT2D eigenvalue weighted by atomic mass is 9.71. The molecule has 2 aromatic carbocycles. The molecule has 2 aromatic rings. The van der Waals surface area contributed by atoms with Gasteiger partial charge in [-0.15, -0.1) is 0 Å². The number of hydrogen-bond donors (Lipinski definition) is 1. The molecule has 3 aliphatic heterocycles. The fourth-order valence-electron chi connectivity index (χ4n) is 4.70. The van der Waals surface area contributed by atoms with Crippen LogP contribution in [0.25, 0.3) is 11.1 Å². The number of rotatable bonds is 3. The van der Waals surface area contributed by atoms with Crippen LogP contribution >= 0.6 is 0 Å². The van der Waals surface area contributed by atoms with Crippen molar-refractivity contribution in [2.24, 2.45) is 16.6 Å². The van der Waals surface area contributed by atoms with Crippen LogP contribution in [0.15, 0.2) is 41.4 Å². The molecule has 3 aliphatic rings. The molecule has 3 heterocycles. The minimum atomic E-state index is -3.01. The number of nitrogens with zero attached hydrogens (tertiary/aromatic N) is 2. The van der Waals surface area contributed by atoms with Crippen LogP contribution < -0.4 is 15.2 Å². The molecule has 0 radical (unpaired) electrons. The van der Waals surface area contributed by atoms with E-state index in [1.54, 1.807) is 6.07 Å². The van der Waals surface area contributed by atoms with Crippen LogP contribution in [0, 0.1) is 11.7 Å². The van der Waals surface area contributed by atoms with Crippen LogP contribution in [0.3, 0.4) is 0 Å². The Bertz CT molecular complexity index is 1130. The third-order valence-corrected chi connectivity index (χ3v) is 6.22. The normalized spacial score (nSPS) is 26.6. The van der Waals surface area contributed by atoms with Gasteiger partial charge >= 0.3 is 6.61 Å². The number of aliphatic imine (C=N–C) groups is 1. The van der Waals surface area contributed by atoms with Crippen molar-refractivity contribution in [3.05, 3.63) is 47.8 Å². The maximum Gasteiger partial charge on any atom is 0.387 e. The number of guanidine groups is 1. The maximum atomic E-state index is 15.2. The van der Waals surface area contributed by atoms with Crippen molar-refractivity contribution in [2.75, 3.05) is 20.3 Å².